The Morgan fingerprint density at radius 1 is 1.23 bits per heavy atom. The highest BCUT2D eigenvalue weighted by atomic mass is 14.6. The molecule has 0 aliphatic heterocycles. The lowest BCUT2D eigenvalue weighted by atomic mass is 10.1. The molecular formula is C12H13N. The van der Waals surface area contributed by atoms with Gasteiger partial charge in [0.15, 0.2) is 0 Å². The van der Waals surface area contributed by atoms with Crippen LogP contribution < -0.4 is 0 Å². The molecule has 1 heteroatoms. The maximum Gasteiger partial charge on any atom is 0.00845 e. The van der Waals surface area contributed by atoms with E-state index in [9.17, 15) is 0 Å². The molecule has 0 bridgehead atoms. The zero-order chi connectivity index (χ0) is 9.26. The average molecular weight is 171 g/mol. The first kappa shape index (κ1) is 8.11. The van der Waals surface area contributed by atoms with E-state index in [0.29, 0.717) is 0 Å². The van der Waals surface area contributed by atoms with Crippen LogP contribution in [-0.4, -0.2) is 4.98 Å². The van der Waals surface area contributed by atoms with E-state index in [1.165, 1.54) is 21.9 Å². The van der Waals surface area contributed by atoms with Crippen LogP contribution in [0.4, 0.5) is 0 Å². The Morgan fingerprint density at radius 3 is 2.77 bits per heavy atom. The number of hydrogen-bond acceptors (Lipinski definition) is 0. The summed E-state index contributed by atoms with van der Waals surface area (Å²) in [6.07, 6.45) is 6.18. The van der Waals surface area contributed by atoms with Crippen molar-refractivity contribution in [3.8, 4) is 0 Å². The van der Waals surface area contributed by atoms with Crippen molar-refractivity contribution in [3.63, 3.8) is 0 Å². The summed E-state index contributed by atoms with van der Waals surface area (Å²) in [4.78, 5) is 3.10. The van der Waals surface area contributed by atoms with Crippen molar-refractivity contribution >= 4 is 16.3 Å². The Labute approximate surface area is 78.1 Å². The fraction of sp³-hybridized carbons (Fsp3) is 0.167. The van der Waals surface area contributed by atoms with Gasteiger partial charge in [0.1, 0.15) is 0 Å². The smallest absolute Gasteiger partial charge is 0.00845 e. The molecule has 0 unspecified atom stereocenters. The SMILES string of the molecule is C/C=C(/C)c1ccc2c[nH]cc2c1. The van der Waals surface area contributed by atoms with Crippen molar-refractivity contribution in [3.05, 3.63) is 42.2 Å². The van der Waals surface area contributed by atoms with Crippen LogP contribution in [0.25, 0.3) is 16.3 Å². The van der Waals surface area contributed by atoms with Crippen molar-refractivity contribution in [1.82, 2.24) is 4.98 Å². The van der Waals surface area contributed by atoms with Gasteiger partial charge in [0, 0.05) is 12.4 Å². The lowest BCUT2D eigenvalue weighted by Crippen LogP contribution is -1.77. The Morgan fingerprint density at radius 2 is 2.00 bits per heavy atom. The second-order valence-electron chi connectivity index (χ2n) is 3.27. The molecule has 0 radical (unpaired) electrons. The zero-order valence-electron chi connectivity index (χ0n) is 7.96. The molecule has 66 valence electrons. The Hall–Kier alpha value is -1.50. The highest BCUT2D eigenvalue weighted by Crippen LogP contribution is 2.20. The quantitative estimate of drug-likeness (QED) is 0.674. The first-order chi connectivity index (χ1) is 6.31. The highest BCUT2D eigenvalue weighted by molar-refractivity contribution is 5.85. The molecule has 0 fully saturated rings. The van der Waals surface area contributed by atoms with Gasteiger partial charge in [-0.3, -0.25) is 0 Å². The van der Waals surface area contributed by atoms with E-state index in [2.05, 4.69) is 43.1 Å². The molecule has 0 spiro atoms. The Balaban J connectivity index is 2.60. The van der Waals surface area contributed by atoms with Crippen LogP contribution in [0.3, 0.4) is 0 Å². The monoisotopic (exact) mass is 171 g/mol. The maximum atomic E-state index is 3.10. The largest absolute Gasteiger partial charge is 0.366 e. The van der Waals surface area contributed by atoms with Crippen molar-refractivity contribution in [1.29, 1.82) is 0 Å². The number of aromatic nitrogens is 1. The van der Waals surface area contributed by atoms with Gasteiger partial charge in [0.05, 0.1) is 0 Å². The number of hydrogen-bond donors (Lipinski definition) is 1. The molecule has 0 aliphatic carbocycles. The van der Waals surface area contributed by atoms with Crippen LogP contribution in [0.2, 0.25) is 0 Å². The van der Waals surface area contributed by atoms with Crippen LogP contribution in [0.1, 0.15) is 19.4 Å². The third-order valence-electron chi connectivity index (χ3n) is 2.45. The summed E-state index contributed by atoms with van der Waals surface area (Å²) >= 11 is 0. The fourth-order valence-corrected chi connectivity index (χ4v) is 1.46. The molecule has 1 nitrogen and oxygen atoms in total. The second-order valence-corrected chi connectivity index (χ2v) is 3.27. The Kier molecular flexibility index (Phi) is 1.93. The third kappa shape index (κ3) is 1.37. The lowest BCUT2D eigenvalue weighted by molar-refractivity contribution is 1.43. The number of H-pyrrole nitrogens is 1. The van der Waals surface area contributed by atoms with Crippen LogP contribution in [-0.2, 0) is 0 Å². The van der Waals surface area contributed by atoms with E-state index >= 15 is 0 Å². The molecule has 2 aromatic rings. The van der Waals surface area contributed by atoms with Crippen LogP contribution in [0, 0.1) is 0 Å². The number of allylic oxidation sites excluding steroid dienone is 2. The van der Waals surface area contributed by atoms with Gasteiger partial charge in [-0.25, -0.2) is 0 Å². The van der Waals surface area contributed by atoms with Crippen LogP contribution in [0.15, 0.2) is 36.7 Å². The van der Waals surface area contributed by atoms with Gasteiger partial charge in [0.2, 0.25) is 0 Å². The van der Waals surface area contributed by atoms with Crippen LogP contribution >= 0.6 is 0 Å². The second kappa shape index (κ2) is 3.09. The van der Waals surface area contributed by atoms with E-state index in [0.717, 1.165) is 0 Å². The van der Waals surface area contributed by atoms with Gasteiger partial charge in [0.25, 0.3) is 0 Å². The summed E-state index contributed by atoms with van der Waals surface area (Å²) in [5, 5.41) is 2.55. The normalized spacial score (nSPS) is 12.3. The molecule has 0 saturated carbocycles. The minimum absolute atomic E-state index is 1.27. The molecule has 0 atom stereocenters. The van der Waals surface area contributed by atoms with Gasteiger partial charge in [-0.15, -0.1) is 0 Å². The molecule has 1 aromatic heterocycles. The molecule has 2 rings (SSSR count). The molecule has 13 heavy (non-hydrogen) atoms. The minimum Gasteiger partial charge on any atom is -0.366 e. The van der Waals surface area contributed by atoms with Gasteiger partial charge in [-0.05, 0) is 41.8 Å². The maximum absolute atomic E-state index is 3.10. The number of fused-ring (bicyclic) bond motifs is 1. The number of nitrogens with one attached hydrogen (secondary N) is 1. The van der Waals surface area contributed by atoms with Gasteiger partial charge in [-0.1, -0.05) is 18.2 Å². The van der Waals surface area contributed by atoms with E-state index in [1.54, 1.807) is 0 Å². The fourth-order valence-electron chi connectivity index (χ4n) is 1.46. The summed E-state index contributed by atoms with van der Waals surface area (Å²) in [7, 11) is 0. The number of aromatic amines is 1. The molecule has 1 aromatic carbocycles. The first-order valence-electron chi connectivity index (χ1n) is 4.51. The number of benzene rings is 1. The predicted octanol–water partition coefficient (Wildman–Crippen LogP) is 3.59. The summed E-state index contributed by atoms with van der Waals surface area (Å²) < 4.78 is 0. The summed E-state index contributed by atoms with van der Waals surface area (Å²) in [5.74, 6) is 0. The molecule has 1 N–H and O–H groups in total. The molecule has 0 aliphatic rings. The minimum atomic E-state index is 1.27. The van der Waals surface area contributed by atoms with Crippen molar-refractivity contribution in [2.75, 3.05) is 0 Å². The summed E-state index contributed by atoms with van der Waals surface area (Å²) in [6, 6.07) is 6.51. The zero-order valence-corrected chi connectivity index (χ0v) is 7.96. The van der Waals surface area contributed by atoms with E-state index in [4.69, 9.17) is 0 Å². The lowest BCUT2D eigenvalue weighted by Gasteiger charge is -2.00. The van der Waals surface area contributed by atoms with Gasteiger partial charge >= 0.3 is 0 Å². The van der Waals surface area contributed by atoms with Gasteiger partial charge in [-0.2, -0.15) is 0 Å². The molecule has 1 heterocycles. The standard InChI is InChI=1S/C12H13N/c1-3-9(2)10-4-5-11-7-13-8-12(11)6-10/h3-8,13H,1-2H3/b9-3-. The third-order valence-corrected chi connectivity index (χ3v) is 2.45. The molecule has 0 amide bonds. The predicted molar refractivity (Wildman–Crippen MR) is 57.6 cm³/mol. The molecular weight excluding hydrogens is 158 g/mol. The Bertz CT molecular complexity index is 449. The number of rotatable bonds is 1. The van der Waals surface area contributed by atoms with E-state index in [1.807, 2.05) is 12.4 Å². The van der Waals surface area contributed by atoms with E-state index in [-0.39, 0.29) is 0 Å². The first-order valence-corrected chi connectivity index (χ1v) is 4.51. The van der Waals surface area contributed by atoms with Crippen molar-refractivity contribution < 1.29 is 0 Å². The van der Waals surface area contributed by atoms with Gasteiger partial charge < -0.3 is 4.98 Å². The average Bonchev–Trinajstić information content (AvgIpc) is 2.63. The van der Waals surface area contributed by atoms with Crippen molar-refractivity contribution in [2.24, 2.45) is 0 Å². The van der Waals surface area contributed by atoms with Crippen molar-refractivity contribution in [2.45, 2.75) is 13.8 Å². The summed E-state index contributed by atoms with van der Waals surface area (Å²) in [5.41, 5.74) is 2.62. The van der Waals surface area contributed by atoms with E-state index < -0.39 is 0 Å². The summed E-state index contributed by atoms with van der Waals surface area (Å²) in [6.45, 7) is 4.20. The molecule has 0 saturated heterocycles. The highest BCUT2D eigenvalue weighted by Gasteiger charge is 1.97. The van der Waals surface area contributed by atoms with Crippen LogP contribution in [0.5, 0.6) is 0 Å². The topological polar surface area (TPSA) is 15.8 Å².